The summed E-state index contributed by atoms with van der Waals surface area (Å²) in [4.78, 5) is 6.66. The molecule has 1 N–H and O–H groups in total. The average molecular weight is 315 g/mol. The molecule has 2 heterocycles. The molecular formula is C17H15ClN2S. The highest BCUT2D eigenvalue weighted by Crippen LogP contribution is 2.29. The topological polar surface area (TPSA) is 24.9 Å². The Hall–Kier alpha value is -1.84. The Balaban J connectivity index is 1.74. The van der Waals surface area contributed by atoms with Crippen molar-refractivity contribution in [3.63, 3.8) is 0 Å². The van der Waals surface area contributed by atoms with E-state index in [0.717, 1.165) is 17.8 Å². The van der Waals surface area contributed by atoms with Crippen molar-refractivity contribution < 1.29 is 0 Å². The van der Waals surface area contributed by atoms with E-state index >= 15 is 0 Å². The number of anilines is 1. The molecule has 0 saturated heterocycles. The second kappa shape index (κ2) is 6.29. The highest BCUT2D eigenvalue weighted by Gasteiger charge is 2.06. The van der Waals surface area contributed by atoms with Crippen LogP contribution < -0.4 is 5.32 Å². The number of pyridine rings is 1. The van der Waals surface area contributed by atoms with E-state index in [1.165, 1.54) is 15.3 Å². The van der Waals surface area contributed by atoms with Crippen molar-refractivity contribution in [2.75, 3.05) is 5.32 Å². The van der Waals surface area contributed by atoms with Gasteiger partial charge in [-0.25, -0.2) is 4.98 Å². The monoisotopic (exact) mass is 314 g/mol. The molecule has 0 aliphatic rings. The minimum Gasteiger partial charge on any atom is -0.377 e. The quantitative estimate of drug-likeness (QED) is 0.654. The van der Waals surface area contributed by atoms with Crippen molar-refractivity contribution in [2.45, 2.75) is 13.5 Å². The summed E-state index contributed by atoms with van der Waals surface area (Å²) in [5, 5.41) is 3.90. The summed E-state index contributed by atoms with van der Waals surface area (Å²) in [6, 6.07) is 16.7. The first kappa shape index (κ1) is 14.1. The second-order valence-corrected chi connectivity index (χ2v) is 6.31. The number of hydrogen-bond donors (Lipinski definition) is 1. The molecule has 0 saturated carbocycles. The fourth-order valence-electron chi connectivity index (χ4n) is 2.14. The van der Waals surface area contributed by atoms with Crippen LogP contribution >= 0.6 is 22.9 Å². The molecular weight excluding hydrogens is 300 g/mol. The van der Waals surface area contributed by atoms with E-state index in [4.69, 9.17) is 11.6 Å². The predicted molar refractivity (Wildman–Crippen MR) is 91.1 cm³/mol. The van der Waals surface area contributed by atoms with Gasteiger partial charge in [-0.1, -0.05) is 41.9 Å². The molecule has 2 aromatic heterocycles. The number of thiophene rings is 1. The lowest BCUT2D eigenvalue weighted by atomic mass is 10.2. The SMILES string of the molecule is Cc1ccnc(Cl)c1NCc1ccc(-c2ccccc2)s1. The summed E-state index contributed by atoms with van der Waals surface area (Å²) >= 11 is 7.92. The van der Waals surface area contributed by atoms with Crippen LogP contribution in [0.3, 0.4) is 0 Å². The van der Waals surface area contributed by atoms with Crippen LogP contribution in [0.4, 0.5) is 5.69 Å². The molecule has 0 bridgehead atoms. The van der Waals surface area contributed by atoms with E-state index < -0.39 is 0 Å². The van der Waals surface area contributed by atoms with Gasteiger partial charge in [-0.2, -0.15) is 0 Å². The lowest BCUT2D eigenvalue weighted by Crippen LogP contribution is -2.00. The molecule has 0 radical (unpaired) electrons. The number of benzene rings is 1. The number of halogens is 1. The minimum absolute atomic E-state index is 0.523. The molecule has 3 rings (SSSR count). The van der Waals surface area contributed by atoms with E-state index in [2.05, 4.69) is 46.7 Å². The smallest absolute Gasteiger partial charge is 0.152 e. The highest BCUT2D eigenvalue weighted by molar-refractivity contribution is 7.15. The van der Waals surface area contributed by atoms with Gasteiger partial charge in [-0.15, -0.1) is 11.3 Å². The van der Waals surface area contributed by atoms with Gasteiger partial charge in [-0.3, -0.25) is 0 Å². The van der Waals surface area contributed by atoms with Crippen LogP contribution in [0, 0.1) is 6.92 Å². The van der Waals surface area contributed by atoms with Gasteiger partial charge in [0, 0.05) is 22.5 Å². The fourth-order valence-corrected chi connectivity index (χ4v) is 3.37. The van der Waals surface area contributed by atoms with Gasteiger partial charge < -0.3 is 5.32 Å². The molecule has 0 fully saturated rings. The van der Waals surface area contributed by atoms with Gasteiger partial charge in [0.1, 0.15) is 0 Å². The summed E-state index contributed by atoms with van der Waals surface area (Å²) in [6.45, 7) is 2.78. The molecule has 0 unspecified atom stereocenters. The van der Waals surface area contributed by atoms with Gasteiger partial charge in [0.25, 0.3) is 0 Å². The molecule has 0 spiro atoms. The molecule has 0 aliphatic heterocycles. The molecule has 4 heteroatoms. The Morgan fingerprint density at radius 3 is 2.67 bits per heavy atom. The van der Waals surface area contributed by atoms with Gasteiger partial charge in [-0.05, 0) is 36.2 Å². The third kappa shape index (κ3) is 3.26. The lowest BCUT2D eigenvalue weighted by Gasteiger charge is -2.09. The van der Waals surface area contributed by atoms with E-state index in [1.807, 2.05) is 19.1 Å². The molecule has 21 heavy (non-hydrogen) atoms. The summed E-state index contributed by atoms with van der Waals surface area (Å²) in [7, 11) is 0. The van der Waals surface area contributed by atoms with E-state index in [-0.39, 0.29) is 0 Å². The summed E-state index contributed by atoms with van der Waals surface area (Å²) < 4.78 is 0. The number of aromatic nitrogens is 1. The molecule has 0 amide bonds. The van der Waals surface area contributed by atoms with Crippen LogP contribution in [0.2, 0.25) is 5.15 Å². The third-order valence-corrected chi connectivity index (χ3v) is 4.69. The van der Waals surface area contributed by atoms with Crippen molar-refractivity contribution in [3.05, 3.63) is 70.3 Å². The van der Waals surface area contributed by atoms with Crippen LogP contribution in [-0.2, 0) is 6.54 Å². The van der Waals surface area contributed by atoms with Crippen LogP contribution in [-0.4, -0.2) is 4.98 Å². The number of aryl methyl sites for hydroxylation is 1. The Labute approximate surface area is 133 Å². The first-order chi connectivity index (χ1) is 10.2. The normalized spacial score (nSPS) is 10.6. The molecule has 2 nitrogen and oxygen atoms in total. The Kier molecular flexibility index (Phi) is 4.23. The largest absolute Gasteiger partial charge is 0.377 e. The van der Waals surface area contributed by atoms with Crippen LogP contribution in [0.1, 0.15) is 10.4 Å². The summed E-state index contributed by atoms with van der Waals surface area (Å²) in [5.74, 6) is 0. The van der Waals surface area contributed by atoms with Gasteiger partial charge in [0.05, 0.1) is 5.69 Å². The molecule has 0 atom stereocenters. The summed E-state index contributed by atoms with van der Waals surface area (Å²) in [6.07, 6.45) is 1.72. The number of nitrogens with one attached hydrogen (secondary N) is 1. The van der Waals surface area contributed by atoms with Gasteiger partial charge >= 0.3 is 0 Å². The lowest BCUT2D eigenvalue weighted by molar-refractivity contribution is 1.16. The van der Waals surface area contributed by atoms with Crippen molar-refractivity contribution >= 4 is 28.6 Å². The van der Waals surface area contributed by atoms with E-state index in [1.54, 1.807) is 17.5 Å². The van der Waals surface area contributed by atoms with Crippen LogP contribution in [0.25, 0.3) is 10.4 Å². The van der Waals surface area contributed by atoms with Crippen LogP contribution in [0.15, 0.2) is 54.7 Å². The molecule has 0 aliphatic carbocycles. The van der Waals surface area contributed by atoms with E-state index in [9.17, 15) is 0 Å². The summed E-state index contributed by atoms with van der Waals surface area (Å²) in [5.41, 5.74) is 3.27. The molecule has 3 aromatic rings. The molecule has 106 valence electrons. The Morgan fingerprint density at radius 1 is 1.10 bits per heavy atom. The standard InChI is InChI=1S/C17H15ClN2S/c1-12-9-10-19-17(18)16(12)20-11-14-7-8-15(21-14)13-5-3-2-4-6-13/h2-10,20H,11H2,1H3. The van der Waals surface area contributed by atoms with Crippen molar-refractivity contribution in [1.29, 1.82) is 0 Å². The zero-order valence-electron chi connectivity index (χ0n) is 11.6. The van der Waals surface area contributed by atoms with Crippen molar-refractivity contribution in [1.82, 2.24) is 4.98 Å². The maximum Gasteiger partial charge on any atom is 0.152 e. The minimum atomic E-state index is 0.523. The second-order valence-electron chi connectivity index (χ2n) is 4.78. The number of rotatable bonds is 4. The van der Waals surface area contributed by atoms with Crippen LogP contribution in [0.5, 0.6) is 0 Å². The number of hydrogen-bond acceptors (Lipinski definition) is 3. The third-order valence-electron chi connectivity index (χ3n) is 3.27. The molecule has 1 aromatic carbocycles. The average Bonchev–Trinajstić information content (AvgIpc) is 2.97. The highest BCUT2D eigenvalue weighted by atomic mass is 35.5. The number of nitrogens with zero attached hydrogens (tertiary/aromatic N) is 1. The van der Waals surface area contributed by atoms with Crippen molar-refractivity contribution in [2.24, 2.45) is 0 Å². The first-order valence-electron chi connectivity index (χ1n) is 6.73. The van der Waals surface area contributed by atoms with E-state index in [0.29, 0.717) is 5.15 Å². The maximum absolute atomic E-state index is 6.13. The van der Waals surface area contributed by atoms with Crippen molar-refractivity contribution in [3.8, 4) is 10.4 Å². The zero-order chi connectivity index (χ0) is 14.7. The predicted octanol–water partition coefficient (Wildman–Crippen LogP) is 5.38. The Bertz CT molecular complexity index is 717. The Morgan fingerprint density at radius 2 is 1.90 bits per heavy atom. The fraction of sp³-hybridized carbons (Fsp3) is 0.118. The maximum atomic E-state index is 6.13. The van der Waals surface area contributed by atoms with Gasteiger partial charge in [0.2, 0.25) is 0 Å². The first-order valence-corrected chi connectivity index (χ1v) is 7.92. The zero-order valence-corrected chi connectivity index (χ0v) is 13.2. The van der Waals surface area contributed by atoms with Gasteiger partial charge in [0.15, 0.2) is 5.15 Å².